The number of amides is 1. The molecule has 5 nitrogen and oxygen atoms in total. The quantitative estimate of drug-likeness (QED) is 0.765. The number of nitrogens with zero attached hydrogens (tertiary/aromatic N) is 1. The fraction of sp³-hybridized carbons (Fsp3) is 0.250. The third-order valence-corrected chi connectivity index (χ3v) is 2.85. The molecule has 2 N–H and O–H groups in total. The molecule has 1 amide bonds. The molecule has 0 radical (unpaired) electrons. The Kier molecular flexibility index (Phi) is 5.72. The summed E-state index contributed by atoms with van der Waals surface area (Å²) in [7, 11) is 0. The maximum atomic E-state index is 11.7. The first-order valence-corrected chi connectivity index (χ1v) is 6.79. The van der Waals surface area contributed by atoms with Gasteiger partial charge >= 0.3 is 0 Å². The summed E-state index contributed by atoms with van der Waals surface area (Å²) in [6, 6.07) is 11.3. The van der Waals surface area contributed by atoms with Crippen molar-refractivity contribution in [3.05, 3.63) is 59.9 Å². The molecule has 0 atom stereocenters. The first-order valence-electron chi connectivity index (χ1n) is 6.79. The minimum atomic E-state index is -0.249. The van der Waals surface area contributed by atoms with E-state index in [4.69, 9.17) is 4.74 Å². The van der Waals surface area contributed by atoms with Crippen molar-refractivity contribution in [2.24, 2.45) is 0 Å². The second-order valence-electron chi connectivity index (χ2n) is 4.58. The van der Waals surface area contributed by atoms with Gasteiger partial charge in [0, 0.05) is 19.3 Å². The summed E-state index contributed by atoms with van der Waals surface area (Å²) < 4.78 is 5.52. The molecule has 0 unspecified atom stereocenters. The Morgan fingerprint density at radius 1 is 1.24 bits per heavy atom. The van der Waals surface area contributed by atoms with Gasteiger partial charge in [-0.25, -0.2) is 0 Å². The molecule has 21 heavy (non-hydrogen) atoms. The molecule has 2 aromatic rings. The highest BCUT2D eigenvalue weighted by atomic mass is 16.5. The molecular formula is C16H18N2O3. The Morgan fingerprint density at radius 2 is 2.05 bits per heavy atom. The molecule has 0 fully saturated rings. The molecule has 1 aromatic carbocycles. The van der Waals surface area contributed by atoms with Crippen molar-refractivity contribution in [2.75, 3.05) is 13.2 Å². The van der Waals surface area contributed by atoms with E-state index in [0.717, 1.165) is 12.0 Å². The number of nitrogens with one attached hydrogen (secondary N) is 1. The van der Waals surface area contributed by atoms with Gasteiger partial charge in [0.05, 0.1) is 18.4 Å². The molecule has 0 aliphatic heterocycles. The third-order valence-electron chi connectivity index (χ3n) is 2.85. The van der Waals surface area contributed by atoms with E-state index >= 15 is 0 Å². The lowest BCUT2D eigenvalue weighted by molar-refractivity contribution is 0.0933. The number of aromatic nitrogens is 1. The Balaban J connectivity index is 1.60. The molecule has 0 saturated carbocycles. The molecule has 110 valence electrons. The molecule has 0 bridgehead atoms. The van der Waals surface area contributed by atoms with E-state index in [-0.39, 0.29) is 11.7 Å². The monoisotopic (exact) mass is 286 g/mol. The Morgan fingerprint density at radius 3 is 2.81 bits per heavy atom. The summed E-state index contributed by atoms with van der Waals surface area (Å²) in [5, 5.41) is 12.0. The average molecular weight is 286 g/mol. The number of hydrogen-bond acceptors (Lipinski definition) is 4. The normalized spacial score (nSPS) is 10.3. The van der Waals surface area contributed by atoms with Crippen LogP contribution in [0.2, 0.25) is 0 Å². The third kappa shape index (κ3) is 5.24. The zero-order valence-electron chi connectivity index (χ0n) is 11.7. The zero-order chi connectivity index (χ0) is 14.9. The summed E-state index contributed by atoms with van der Waals surface area (Å²) in [5.41, 5.74) is 1.48. The zero-order valence-corrected chi connectivity index (χ0v) is 11.7. The molecule has 1 heterocycles. The number of carbonyl (C=O) groups is 1. The summed E-state index contributed by atoms with van der Waals surface area (Å²) in [6.45, 7) is 1.67. The van der Waals surface area contributed by atoms with Gasteiger partial charge in [-0.15, -0.1) is 0 Å². The predicted octanol–water partition coefficient (Wildman–Crippen LogP) is 2.12. The van der Waals surface area contributed by atoms with Gasteiger partial charge in [0.15, 0.2) is 0 Å². The lowest BCUT2D eigenvalue weighted by Crippen LogP contribution is -2.25. The van der Waals surface area contributed by atoms with Crippen molar-refractivity contribution in [3.8, 4) is 5.75 Å². The van der Waals surface area contributed by atoms with Gasteiger partial charge < -0.3 is 15.2 Å². The van der Waals surface area contributed by atoms with Crippen LogP contribution in [0.15, 0.2) is 48.8 Å². The summed E-state index contributed by atoms with van der Waals surface area (Å²) in [5.74, 6) is -0.268. The second-order valence-corrected chi connectivity index (χ2v) is 4.58. The lowest BCUT2D eigenvalue weighted by atomic mass is 10.2. The average Bonchev–Trinajstić information content (AvgIpc) is 2.51. The molecule has 0 saturated heterocycles. The molecule has 1 aromatic heterocycles. The van der Waals surface area contributed by atoms with E-state index in [0.29, 0.717) is 25.3 Å². The highest BCUT2D eigenvalue weighted by molar-refractivity contribution is 5.94. The topological polar surface area (TPSA) is 71.5 Å². The SMILES string of the molecule is O=C(NCCCOCc1ccccc1)c1cncc(O)c1. The van der Waals surface area contributed by atoms with Gasteiger partial charge in [-0.1, -0.05) is 30.3 Å². The Labute approximate surface area is 123 Å². The van der Waals surface area contributed by atoms with Crippen LogP contribution in [-0.2, 0) is 11.3 Å². The summed E-state index contributed by atoms with van der Waals surface area (Å²) in [4.78, 5) is 15.5. The second kappa shape index (κ2) is 8.01. The molecule has 0 aliphatic rings. The first kappa shape index (κ1) is 15.0. The van der Waals surface area contributed by atoms with Crippen LogP contribution in [0.25, 0.3) is 0 Å². The van der Waals surface area contributed by atoms with Gasteiger partial charge in [-0.2, -0.15) is 0 Å². The number of aromatic hydroxyl groups is 1. The van der Waals surface area contributed by atoms with Gasteiger partial charge in [0.25, 0.3) is 5.91 Å². The van der Waals surface area contributed by atoms with E-state index in [9.17, 15) is 9.90 Å². The van der Waals surface area contributed by atoms with Crippen molar-refractivity contribution >= 4 is 5.91 Å². The van der Waals surface area contributed by atoms with Crippen LogP contribution in [-0.4, -0.2) is 29.1 Å². The summed E-state index contributed by atoms with van der Waals surface area (Å²) in [6.07, 6.45) is 3.43. The number of pyridine rings is 1. The van der Waals surface area contributed by atoms with Crippen LogP contribution in [0, 0.1) is 0 Å². The van der Waals surface area contributed by atoms with Crippen molar-refractivity contribution in [3.63, 3.8) is 0 Å². The fourth-order valence-corrected chi connectivity index (χ4v) is 1.79. The summed E-state index contributed by atoms with van der Waals surface area (Å²) >= 11 is 0. The van der Waals surface area contributed by atoms with Crippen LogP contribution in [0.4, 0.5) is 0 Å². The minimum Gasteiger partial charge on any atom is -0.506 e. The number of rotatable bonds is 7. The molecule has 5 heteroatoms. The van der Waals surface area contributed by atoms with Crippen LogP contribution >= 0.6 is 0 Å². The predicted molar refractivity (Wildman–Crippen MR) is 79.0 cm³/mol. The van der Waals surface area contributed by atoms with Crippen LogP contribution in [0.3, 0.4) is 0 Å². The van der Waals surface area contributed by atoms with Crippen LogP contribution in [0.1, 0.15) is 22.3 Å². The number of ether oxygens (including phenoxy) is 1. The fourth-order valence-electron chi connectivity index (χ4n) is 1.79. The highest BCUT2D eigenvalue weighted by Gasteiger charge is 2.05. The van der Waals surface area contributed by atoms with E-state index in [2.05, 4.69) is 10.3 Å². The van der Waals surface area contributed by atoms with Gasteiger partial charge in [-0.05, 0) is 18.1 Å². The highest BCUT2D eigenvalue weighted by Crippen LogP contribution is 2.08. The molecule has 2 rings (SSSR count). The smallest absolute Gasteiger partial charge is 0.252 e. The van der Waals surface area contributed by atoms with E-state index < -0.39 is 0 Å². The molecule has 0 aliphatic carbocycles. The van der Waals surface area contributed by atoms with E-state index in [1.807, 2.05) is 30.3 Å². The Hall–Kier alpha value is -2.40. The first-order chi connectivity index (χ1) is 10.3. The lowest BCUT2D eigenvalue weighted by Gasteiger charge is -2.06. The van der Waals surface area contributed by atoms with Crippen molar-refractivity contribution in [2.45, 2.75) is 13.0 Å². The van der Waals surface area contributed by atoms with Gasteiger partial charge in [0.2, 0.25) is 0 Å². The van der Waals surface area contributed by atoms with Gasteiger partial charge in [0.1, 0.15) is 5.75 Å². The van der Waals surface area contributed by atoms with Crippen molar-refractivity contribution in [1.29, 1.82) is 0 Å². The van der Waals surface area contributed by atoms with E-state index in [1.54, 1.807) is 0 Å². The standard InChI is InChI=1S/C16H18N2O3/c19-15-9-14(10-17-11-15)16(20)18-7-4-8-21-12-13-5-2-1-3-6-13/h1-3,5-6,9-11,19H,4,7-8,12H2,(H,18,20). The van der Waals surface area contributed by atoms with Crippen molar-refractivity contribution in [1.82, 2.24) is 10.3 Å². The van der Waals surface area contributed by atoms with Gasteiger partial charge in [-0.3, -0.25) is 9.78 Å². The number of carbonyl (C=O) groups excluding carboxylic acids is 1. The molecule has 0 spiro atoms. The maximum absolute atomic E-state index is 11.7. The van der Waals surface area contributed by atoms with Crippen LogP contribution in [0.5, 0.6) is 5.75 Å². The van der Waals surface area contributed by atoms with Crippen LogP contribution < -0.4 is 5.32 Å². The van der Waals surface area contributed by atoms with Crippen molar-refractivity contribution < 1.29 is 14.6 Å². The molecular weight excluding hydrogens is 268 g/mol. The minimum absolute atomic E-state index is 0.0196. The van der Waals surface area contributed by atoms with E-state index in [1.165, 1.54) is 18.5 Å². The Bertz CT molecular complexity index is 573. The maximum Gasteiger partial charge on any atom is 0.252 e. The largest absolute Gasteiger partial charge is 0.506 e. The number of hydrogen-bond donors (Lipinski definition) is 2. The number of benzene rings is 1.